The van der Waals surface area contributed by atoms with Crippen LogP contribution in [0.5, 0.6) is 0 Å². The van der Waals surface area contributed by atoms with Crippen LogP contribution in [-0.4, -0.2) is 25.5 Å². The van der Waals surface area contributed by atoms with E-state index in [4.69, 9.17) is 5.73 Å². The molecule has 1 amide bonds. The van der Waals surface area contributed by atoms with Gasteiger partial charge in [0.25, 0.3) is 0 Å². The second kappa shape index (κ2) is 4.61. The van der Waals surface area contributed by atoms with E-state index in [0.29, 0.717) is 6.04 Å². The van der Waals surface area contributed by atoms with Gasteiger partial charge in [0.2, 0.25) is 5.91 Å². The van der Waals surface area contributed by atoms with Gasteiger partial charge in [-0.1, -0.05) is 6.07 Å². The fourth-order valence-corrected chi connectivity index (χ4v) is 2.57. The van der Waals surface area contributed by atoms with E-state index in [-0.39, 0.29) is 5.91 Å². The predicted octanol–water partition coefficient (Wildman–Crippen LogP) is 1.90. The summed E-state index contributed by atoms with van der Waals surface area (Å²) in [5.41, 5.74) is 8.89. The molecule has 0 spiro atoms. The Balaban J connectivity index is 2.43. The third kappa shape index (κ3) is 1.86. The Morgan fingerprint density at radius 3 is 2.67 bits per heavy atom. The third-order valence-corrected chi connectivity index (χ3v) is 3.60. The van der Waals surface area contributed by atoms with Crippen LogP contribution in [0.1, 0.15) is 32.4 Å². The average molecular weight is 247 g/mol. The number of carbonyl (C=O) groups excluding carboxylic acids is 1. The normalized spacial score (nSPS) is 18.4. The first kappa shape index (κ1) is 12.9. The first-order valence-electron chi connectivity index (χ1n) is 6.41. The molecule has 0 saturated carbocycles. The van der Waals surface area contributed by atoms with Crippen molar-refractivity contribution in [2.45, 2.75) is 32.9 Å². The summed E-state index contributed by atoms with van der Waals surface area (Å²) in [6.45, 7) is 7.41. The number of amides is 1. The van der Waals surface area contributed by atoms with Gasteiger partial charge in [0.1, 0.15) is 6.04 Å². The van der Waals surface area contributed by atoms with Crippen molar-refractivity contribution < 1.29 is 4.79 Å². The molecule has 1 aromatic rings. The van der Waals surface area contributed by atoms with Crippen LogP contribution in [0, 0.1) is 0 Å². The standard InChI is InChI=1S/C14H21N3O/c1-5-17(9(2)3)10-6-7-11-12(8-10)16(4)14(18)13(11)15/h6-9,13H,5,15H2,1-4H3. The molecule has 0 bridgehead atoms. The Morgan fingerprint density at radius 1 is 1.44 bits per heavy atom. The number of nitrogens with zero attached hydrogens (tertiary/aromatic N) is 2. The van der Waals surface area contributed by atoms with Gasteiger partial charge in [-0.3, -0.25) is 4.79 Å². The first-order valence-corrected chi connectivity index (χ1v) is 6.41. The number of anilines is 2. The van der Waals surface area contributed by atoms with Crippen molar-refractivity contribution in [3.63, 3.8) is 0 Å². The van der Waals surface area contributed by atoms with Gasteiger partial charge in [-0.05, 0) is 32.9 Å². The first-order chi connectivity index (χ1) is 8.47. The van der Waals surface area contributed by atoms with Crippen LogP contribution in [0.2, 0.25) is 0 Å². The summed E-state index contributed by atoms with van der Waals surface area (Å²) in [6.07, 6.45) is 0. The van der Waals surface area contributed by atoms with Crippen LogP contribution in [0.25, 0.3) is 0 Å². The van der Waals surface area contributed by atoms with E-state index >= 15 is 0 Å². The maximum Gasteiger partial charge on any atom is 0.248 e. The van der Waals surface area contributed by atoms with Gasteiger partial charge in [0.05, 0.1) is 5.69 Å². The van der Waals surface area contributed by atoms with Gasteiger partial charge in [0.15, 0.2) is 0 Å². The van der Waals surface area contributed by atoms with Crippen LogP contribution in [-0.2, 0) is 4.79 Å². The lowest BCUT2D eigenvalue weighted by atomic mass is 10.1. The zero-order chi connectivity index (χ0) is 13.4. The van der Waals surface area contributed by atoms with Crippen LogP contribution in [0.15, 0.2) is 18.2 Å². The van der Waals surface area contributed by atoms with Crippen molar-refractivity contribution in [3.8, 4) is 0 Å². The fraction of sp³-hybridized carbons (Fsp3) is 0.500. The number of likely N-dealkylation sites (N-methyl/N-ethyl adjacent to an activating group) is 1. The summed E-state index contributed by atoms with van der Waals surface area (Å²) >= 11 is 0. The molecule has 1 heterocycles. The van der Waals surface area contributed by atoms with Crippen molar-refractivity contribution in [1.82, 2.24) is 0 Å². The van der Waals surface area contributed by atoms with Crippen LogP contribution in [0.4, 0.5) is 11.4 Å². The maximum atomic E-state index is 11.8. The number of carbonyl (C=O) groups is 1. The van der Waals surface area contributed by atoms with Gasteiger partial charge < -0.3 is 15.5 Å². The largest absolute Gasteiger partial charge is 0.369 e. The highest BCUT2D eigenvalue weighted by molar-refractivity contribution is 6.04. The second-order valence-electron chi connectivity index (χ2n) is 5.00. The van der Waals surface area contributed by atoms with E-state index < -0.39 is 6.04 Å². The highest BCUT2D eigenvalue weighted by Crippen LogP contribution is 2.36. The lowest BCUT2D eigenvalue weighted by Crippen LogP contribution is -2.30. The molecule has 0 fully saturated rings. The quantitative estimate of drug-likeness (QED) is 0.887. The molecule has 18 heavy (non-hydrogen) atoms. The number of rotatable bonds is 3. The number of benzene rings is 1. The zero-order valence-electron chi connectivity index (χ0n) is 11.5. The minimum atomic E-state index is -0.506. The number of hydrogen-bond acceptors (Lipinski definition) is 3. The molecule has 0 radical (unpaired) electrons. The van der Waals surface area contributed by atoms with Crippen molar-refractivity contribution in [3.05, 3.63) is 23.8 Å². The molecule has 1 atom stereocenters. The van der Waals surface area contributed by atoms with Crippen LogP contribution < -0.4 is 15.5 Å². The van der Waals surface area contributed by atoms with Crippen molar-refractivity contribution in [2.24, 2.45) is 5.73 Å². The molecule has 2 rings (SSSR count). The molecule has 1 aromatic carbocycles. The Labute approximate surface area is 108 Å². The summed E-state index contributed by atoms with van der Waals surface area (Å²) in [7, 11) is 1.78. The van der Waals surface area contributed by atoms with E-state index in [2.05, 4.69) is 37.8 Å². The van der Waals surface area contributed by atoms with Gasteiger partial charge in [-0.25, -0.2) is 0 Å². The summed E-state index contributed by atoms with van der Waals surface area (Å²) in [6, 6.07) is 6.01. The minimum Gasteiger partial charge on any atom is -0.369 e. The fourth-order valence-electron chi connectivity index (χ4n) is 2.57. The van der Waals surface area contributed by atoms with Crippen LogP contribution in [0.3, 0.4) is 0 Å². The molecule has 98 valence electrons. The van der Waals surface area contributed by atoms with Gasteiger partial charge in [0, 0.05) is 30.9 Å². The molecular formula is C14H21N3O. The topological polar surface area (TPSA) is 49.6 Å². The molecule has 0 aliphatic carbocycles. The molecule has 2 N–H and O–H groups in total. The zero-order valence-corrected chi connectivity index (χ0v) is 11.5. The second-order valence-corrected chi connectivity index (χ2v) is 5.00. The molecule has 0 aromatic heterocycles. The molecule has 0 saturated heterocycles. The Hall–Kier alpha value is -1.55. The molecule has 4 heteroatoms. The predicted molar refractivity (Wildman–Crippen MR) is 74.9 cm³/mol. The molecule has 1 unspecified atom stereocenters. The van der Waals surface area contributed by atoms with E-state index in [1.54, 1.807) is 11.9 Å². The maximum absolute atomic E-state index is 11.8. The van der Waals surface area contributed by atoms with E-state index in [0.717, 1.165) is 23.5 Å². The van der Waals surface area contributed by atoms with Crippen LogP contribution >= 0.6 is 0 Å². The third-order valence-electron chi connectivity index (χ3n) is 3.60. The molecule has 1 aliphatic heterocycles. The van der Waals surface area contributed by atoms with Gasteiger partial charge in [-0.2, -0.15) is 0 Å². The van der Waals surface area contributed by atoms with E-state index in [1.807, 2.05) is 6.07 Å². The smallest absolute Gasteiger partial charge is 0.248 e. The summed E-state index contributed by atoms with van der Waals surface area (Å²) in [5, 5.41) is 0. The molecular weight excluding hydrogens is 226 g/mol. The van der Waals surface area contributed by atoms with Crippen molar-refractivity contribution >= 4 is 17.3 Å². The number of fused-ring (bicyclic) bond motifs is 1. The summed E-state index contributed by atoms with van der Waals surface area (Å²) < 4.78 is 0. The lowest BCUT2D eigenvalue weighted by Gasteiger charge is -2.28. The number of nitrogens with two attached hydrogens (primary N) is 1. The monoisotopic (exact) mass is 247 g/mol. The van der Waals surface area contributed by atoms with Crippen molar-refractivity contribution in [2.75, 3.05) is 23.4 Å². The van der Waals surface area contributed by atoms with Gasteiger partial charge in [-0.15, -0.1) is 0 Å². The van der Waals surface area contributed by atoms with E-state index in [1.165, 1.54) is 0 Å². The lowest BCUT2D eigenvalue weighted by molar-refractivity contribution is -0.118. The Kier molecular flexibility index (Phi) is 3.30. The SMILES string of the molecule is CCN(c1ccc2c(c1)N(C)C(=O)C2N)C(C)C. The number of hydrogen-bond donors (Lipinski definition) is 1. The van der Waals surface area contributed by atoms with Gasteiger partial charge >= 0.3 is 0 Å². The summed E-state index contributed by atoms with van der Waals surface area (Å²) in [5.74, 6) is -0.0326. The molecule has 4 nitrogen and oxygen atoms in total. The highest BCUT2D eigenvalue weighted by Gasteiger charge is 2.32. The van der Waals surface area contributed by atoms with E-state index in [9.17, 15) is 4.79 Å². The Morgan fingerprint density at radius 2 is 2.11 bits per heavy atom. The minimum absolute atomic E-state index is 0.0326. The Bertz CT molecular complexity index is 470. The highest BCUT2D eigenvalue weighted by atomic mass is 16.2. The average Bonchev–Trinajstić information content (AvgIpc) is 2.55. The van der Waals surface area contributed by atoms with Crippen molar-refractivity contribution in [1.29, 1.82) is 0 Å². The molecule has 1 aliphatic rings. The summed E-state index contributed by atoms with van der Waals surface area (Å²) in [4.78, 5) is 15.8.